The average Bonchev–Trinajstić information content (AvgIpc) is 2.76. The predicted octanol–water partition coefficient (Wildman–Crippen LogP) is 1.49. The van der Waals surface area contributed by atoms with Crippen LogP contribution in [0, 0.1) is 5.92 Å². The monoisotopic (exact) mass is 226 g/mol. The summed E-state index contributed by atoms with van der Waals surface area (Å²) in [5, 5.41) is 3.72. The second kappa shape index (κ2) is 6.58. The van der Waals surface area contributed by atoms with Gasteiger partial charge >= 0.3 is 0 Å². The average molecular weight is 226 g/mol. The minimum Gasteiger partial charge on any atom is -0.381 e. The van der Waals surface area contributed by atoms with Crippen molar-refractivity contribution in [1.29, 1.82) is 0 Å². The van der Waals surface area contributed by atoms with Crippen LogP contribution in [0.25, 0.3) is 0 Å². The largest absolute Gasteiger partial charge is 0.381 e. The summed E-state index contributed by atoms with van der Waals surface area (Å²) >= 11 is 0. The quantitative estimate of drug-likeness (QED) is 0.768. The fraction of sp³-hybridized carbons (Fsp3) is 1.00. The number of nitrogens with zero attached hydrogens (tertiary/aromatic N) is 1. The van der Waals surface area contributed by atoms with Gasteiger partial charge in [-0.25, -0.2) is 0 Å². The topological polar surface area (TPSA) is 24.5 Å². The third kappa shape index (κ3) is 3.72. The zero-order valence-corrected chi connectivity index (χ0v) is 10.6. The Bertz CT molecular complexity index is 192. The molecule has 0 aromatic carbocycles. The highest BCUT2D eigenvalue weighted by atomic mass is 16.5. The molecular formula is C13H26N2O. The van der Waals surface area contributed by atoms with Gasteiger partial charge in [-0.1, -0.05) is 6.92 Å². The first kappa shape index (κ1) is 12.3. The van der Waals surface area contributed by atoms with Crippen LogP contribution in [0.15, 0.2) is 0 Å². The van der Waals surface area contributed by atoms with Crippen LogP contribution in [0.2, 0.25) is 0 Å². The summed E-state index contributed by atoms with van der Waals surface area (Å²) in [5.41, 5.74) is 0. The van der Waals surface area contributed by atoms with E-state index in [1.165, 1.54) is 51.9 Å². The van der Waals surface area contributed by atoms with Crippen molar-refractivity contribution in [2.45, 2.75) is 38.6 Å². The Balaban J connectivity index is 1.59. The van der Waals surface area contributed by atoms with E-state index in [0.29, 0.717) is 6.04 Å². The van der Waals surface area contributed by atoms with Crippen LogP contribution >= 0.6 is 0 Å². The first-order chi connectivity index (χ1) is 7.88. The maximum absolute atomic E-state index is 5.37. The molecule has 16 heavy (non-hydrogen) atoms. The number of likely N-dealkylation sites (tertiary alicyclic amines) is 1. The molecule has 3 heteroatoms. The van der Waals surface area contributed by atoms with Gasteiger partial charge in [0.2, 0.25) is 0 Å². The third-order valence-electron chi connectivity index (χ3n) is 3.83. The number of rotatable bonds is 5. The van der Waals surface area contributed by atoms with E-state index in [4.69, 9.17) is 4.74 Å². The normalized spacial score (nSPS) is 28.7. The molecule has 1 N–H and O–H groups in total. The molecule has 2 aliphatic rings. The smallest absolute Gasteiger partial charge is 0.0480 e. The van der Waals surface area contributed by atoms with E-state index in [-0.39, 0.29) is 0 Å². The highest BCUT2D eigenvalue weighted by Gasteiger charge is 2.22. The number of nitrogens with one attached hydrogen (secondary N) is 1. The van der Waals surface area contributed by atoms with Crippen LogP contribution in [0.4, 0.5) is 0 Å². The Morgan fingerprint density at radius 1 is 1.25 bits per heavy atom. The second-order valence-electron chi connectivity index (χ2n) is 5.25. The summed E-state index contributed by atoms with van der Waals surface area (Å²) in [7, 11) is 0. The molecule has 0 aliphatic carbocycles. The van der Waals surface area contributed by atoms with Gasteiger partial charge in [0.25, 0.3) is 0 Å². The summed E-state index contributed by atoms with van der Waals surface area (Å²) in [6.07, 6.45) is 5.08. The molecule has 3 nitrogen and oxygen atoms in total. The second-order valence-corrected chi connectivity index (χ2v) is 5.25. The Kier molecular flexibility index (Phi) is 5.07. The summed E-state index contributed by atoms with van der Waals surface area (Å²) in [6, 6.07) is 0.717. The first-order valence-corrected chi connectivity index (χ1v) is 6.92. The van der Waals surface area contributed by atoms with Crippen molar-refractivity contribution in [3.63, 3.8) is 0 Å². The molecule has 0 radical (unpaired) electrons. The molecule has 0 aromatic rings. The van der Waals surface area contributed by atoms with Gasteiger partial charge in [0.15, 0.2) is 0 Å². The van der Waals surface area contributed by atoms with Gasteiger partial charge in [-0.2, -0.15) is 0 Å². The van der Waals surface area contributed by atoms with E-state index in [1.54, 1.807) is 0 Å². The minimum atomic E-state index is 0.717. The van der Waals surface area contributed by atoms with Crippen LogP contribution in [0.5, 0.6) is 0 Å². The molecule has 0 aromatic heterocycles. The Hall–Kier alpha value is -0.120. The lowest BCUT2D eigenvalue weighted by molar-refractivity contribution is 0.0770. The summed E-state index contributed by atoms with van der Waals surface area (Å²) in [6.45, 7) is 9.29. The molecule has 0 amide bonds. The fourth-order valence-corrected chi connectivity index (χ4v) is 2.83. The van der Waals surface area contributed by atoms with Crippen molar-refractivity contribution in [2.24, 2.45) is 5.92 Å². The molecule has 1 unspecified atom stereocenters. The van der Waals surface area contributed by atoms with Crippen molar-refractivity contribution in [3.05, 3.63) is 0 Å². The maximum atomic E-state index is 5.37. The van der Waals surface area contributed by atoms with Gasteiger partial charge < -0.3 is 15.0 Å². The van der Waals surface area contributed by atoms with Crippen molar-refractivity contribution in [3.8, 4) is 0 Å². The van der Waals surface area contributed by atoms with Gasteiger partial charge in [0.1, 0.15) is 0 Å². The van der Waals surface area contributed by atoms with Crippen molar-refractivity contribution in [1.82, 2.24) is 10.2 Å². The van der Waals surface area contributed by atoms with Crippen LogP contribution in [-0.4, -0.2) is 50.3 Å². The third-order valence-corrected chi connectivity index (χ3v) is 3.83. The van der Waals surface area contributed by atoms with Crippen molar-refractivity contribution < 1.29 is 4.74 Å². The summed E-state index contributed by atoms with van der Waals surface area (Å²) in [5.74, 6) is 0.884. The van der Waals surface area contributed by atoms with E-state index in [9.17, 15) is 0 Å². The molecule has 2 fully saturated rings. The van der Waals surface area contributed by atoms with Crippen LogP contribution in [-0.2, 0) is 4.74 Å². The Labute approximate surface area is 99.5 Å². The molecule has 2 saturated heterocycles. The van der Waals surface area contributed by atoms with Gasteiger partial charge in [0.05, 0.1) is 0 Å². The molecule has 0 spiro atoms. The van der Waals surface area contributed by atoms with Crippen molar-refractivity contribution >= 4 is 0 Å². The van der Waals surface area contributed by atoms with Crippen LogP contribution < -0.4 is 5.32 Å². The van der Waals surface area contributed by atoms with E-state index in [1.807, 2.05) is 0 Å². The first-order valence-electron chi connectivity index (χ1n) is 6.92. The molecular weight excluding hydrogens is 200 g/mol. The van der Waals surface area contributed by atoms with E-state index >= 15 is 0 Å². The van der Waals surface area contributed by atoms with E-state index in [0.717, 1.165) is 19.1 Å². The van der Waals surface area contributed by atoms with Gasteiger partial charge in [0, 0.05) is 25.8 Å². The summed E-state index contributed by atoms with van der Waals surface area (Å²) < 4.78 is 5.37. The molecule has 0 saturated carbocycles. The maximum Gasteiger partial charge on any atom is 0.0480 e. The Morgan fingerprint density at radius 2 is 2.06 bits per heavy atom. The zero-order valence-electron chi connectivity index (χ0n) is 10.6. The van der Waals surface area contributed by atoms with Gasteiger partial charge in [-0.05, 0) is 51.2 Å². The molecule has 2 rings (SSSR count). The van der Waals surface area contributed by atoms with E-state index < -0.39 is 0 Å². The number of hydrogen-bond donors (Lipinski definition) is 1. The lowest BCUT2D eigenvalue weighted by atomic mass is 10.1. The standard InChI is InChI=1S/C13H26N2O/c1-2-6-15-7-3-12(11-15)10-14-13-4-8-16-9-5-13/h12-14H,2-11H2,1H3. The van der Waals surface area contributed by atoms with Crippen LogP contribution in [0.1, 0.15) is 32.6 Å². The minimum absolute atomic E-state index is 0.717. The van der Waals surface area contributed by atoms with Gasteiger partial charge in [-0.15, -0.1) is 0 Å². The predicted molar refractivity (Wildman–Crippen MR) is 66.7 cm³/mol. The SMILES string of the molecule is CCCN1CCC(CNC2CCOCC2)C1. The Morgan fingerprint density at radius 3 is 2.81 bits per heavy atom. The molecule has 2 aliphatic heterocycles. The zero-order chi connectivity index (χ0) is 11.2. The lowest BCUT2D eigenvalue weighted by Crippen LogP contribution is -2.38. The number of hydrogen-bond acceptors (Lipinski definition) is 3. The van der Waals surface area contributed by atoms with E-state index in [2.05, 4.69) is 17.1 Å². The molecule has 0 bridgehead atoms. The highest BCUT2D eigenvalue weighted by Crippen LogP contribution is 2.16. The lowest BCUT2D eigenvalue weighted by Gasteiger charge is -2.24. The highest BCUT2D eigenvalue weighted by molar-refractivity contribution is 4.79. The van der Waals surface area contributed by atoms with Gasteiger partial charge in [-0.3, -0.25) is 0 Å². The fourth-order valence-electron chi connectivity index (χ4n) is 2.83. The number of ether oxygens (including phenoxy) is 1. The summed E-state index contributed by atoms with van der Waals surface area (Å²) in [4.78, 5) is 2.61. The molecule has 1 atom stereocenters. The molecule has 2 heterocycles. The molecule has 94 valence electrons. The van der Waals surface area contributed by atoms with Crippen molar-refractivity contribution in [2.75, 3.05) is 39.4 Å². The van der Waals surface area contributed by atoms with Crippen LogP contribution in [0.3, 0.4) is 0 Å².